The molecule has 0 spiro atoms. The quantitative estimate of drug-likeness (QED) is 0.243. The van der Waals surface area contributed by atoms with Gasteiger partial charge in [0, 0.05) is 0 Å². The standard InChI is InChI=1S/C34H26/c1-23-17-18-27(21-24(23)2)28-19-20-31-32(22-28)34(26-13-7-4-8-14-26)30-16-10-9-15-29(30)33(31)25-11-5-3-6-12-25/h3-22H,1-2H3. The third-order valence-corrected chi connectivity index (χ3v) is 6.99. The van der Waals surface area contributed by atoms with E-state index in [2.05, 4.69) is 135 Å². The van der Waals surface area contributed by atoms with Crippen LogP contribution in [0.2, 0.25) is 0 Å². The Morgan fingerprint density at radius 2 is 0.794 bits per heavy atom. The van der Waals surface area contributed by atoms with E-state index in [1.54, 1.807) is 0 Å². The van der Waals surface area contributed by atoms with Gasteiger partial charge in [0.2, 0.25) is 0 Å². The molecule has 0 fully saturated rings. The van der Waals surface area contributed by atoms with Gasteiger partial charge in [-0.25, -0.2) is 0 Å². The SMILES string of the molecule is Cc1ccc(-c2ccc3c(-c4ccccc4)c4ccccc4c(-c4ccccc4)c3c2)cc1C. The predicted octanol–water partition coefficient (Wildman–Crippen LogP) is 9.61. The normalized spacial score (nSPS) is 11.2. The summed E-state index contributed by atoms with van der Waals surface area (Å²) in [5, 5.41) is 5.16. The lowest BCUT2D eigenvalue weighted by Gasteiger charge is -2.19. The largest absolute Gasteiger partial charge is 0.0622 e. The molecular formula is C34H26. The molecule has 6 aromatic rings. The van der Waals surface area contributed by atoms with Crippen LogP contribution in [0.4, 0.5) is 0 Å². The molecular weight excluding hydrogens is 408 g/mol. The van der Waals surface area contributed by atoms with Crippen LogP contribution in [-0.2, 0) is 0 Å². The lowest BCUT2D eigenvalue weighted by Crippen LogP contribution is -1.92. The summed E-state index contributed by atoms with van der Waals surface area (Å²) in [5.41, 5.74) is 10.3. The van der Waals surface area contributed by atoms with Crippen molar-refractivity contribution in [2.75, 3.05) is 0 Å². The van der Waals surface area contributed by atoms with E-state index in [0.717, 1.165) is 0 Å². The average Bonchev–Trinajstić information content (AvgIpc) is 2.89. The van der Waals surface area contributed by atoms with Gasteiger partial charge in [0.15, 0.2) is 0 Å². The zero-order chi connectivity index (χ0) is 23.1. The van der Waals surface area contributed by atoms with E-state index in [9.17, 15) is 0 Å². The summed E-state index contributed by atoms with van der Waals surface area (Å²) in [6, 6.07) is 44.2. The van der Waals surface area contributed by atoms with Crippen molar-refractivity contribution in [3.63, 3.8) is 0 Å². The molecule has 0 amide bonds. The first-order chi connectivity index (χ1) is 16.7. The number of hydrogen-bond acceptors (Lipinski definition) is 0. The maximum absolute atomic E-state index is 2.39. The molecule has 0 unspecified atom stereocenters. The van der Waals surface area contributed by atoms with Crippen molar-refractivity contribution in [3.8, 4) is 33.4 Å². The molecule has 0 bridgehead atoms. The van der Waals surface area contributed by atoms with Crippen molar-refractivity contribution >= 4 is 21.5 Å². The average molecular weight is 435 g/mol. The molecule has 0 aliphatic rings. The fourth-order valence-electron chi connectivity index (χ4n) is 5.11. The van der Waals surface area contributed by atoms with Crippen molar-refractivity contribution < 1.29 is 0 Å². The molecule has 0 aliphatic carbocycles. The molecule has 0 heterocycles. The molecule has 6 aromatic carbocycles. The highest BCUT2D eigenvalue weighted by Gasteiger charge is 2.17. The van der Waals surface area contributed by atoms with Crippen LogP contribution in [0.25, 0.3) is 54.9 Å². The van der Waals surface area contributed by atoms with Crippen molar-refractivity contribution in [3.05, 3.63) is 132 Å². The van der Waals surface area contributed by atoms with Crippen LogP contribution in [-0.4, -0.2) is 0 Å². The Hall–Kier alpha value is -4.16. The molecule has 0 N–H and O–H groups in total. The van der Waals surface area contributed by atoms with Crippen LogP contribution >= 0.6 is 0 Å². The third kappa shape index (κ3) is 3.40. The minimum atomic E-state index is 1.25. The zero-order valence-electron chi connectivity index (χ0n) is 19.5. The van der Waals surface area contributed by atoms with Gasteiger partial charge in [-0.1, -0.05) is 115 Å². The van der Waals surface area contributed by atoms with Gasteiger partial charge in [-0.15, -0.1) is 0 Å². The van der Waals surface area contributed by atoms with Crippen LogP contribution < -0.4 is 0 Å². The minimum Gasteiger partial charge on any atom is -0.0622 e. The molecule has 0 saturated heterocycles. The van der Waals surface area contributed by atoms with Crippen LogP contribution in [0.15, 0.2) is 121 Å². The Morgan fingerprint density at radius 1 is 0.324 bits per heavy atom. The molecule has 0 radical (unpaired) electrons. The van der Waals surface area contributed by atoms with E-state index in [1.165, 1.54) is 66.1 Å². The Bertz CT molecular complexity index is 1640. The first-order valence-corrected chi connectivity index (χ1v) is 11.9. The Morgan fingerprint density at radius 3 is 1.38 bits per heavy atom. The van der Waals surface area contributed by atoms with Gasteiger partial charge in [0.1, 0.15) is 0 Å². The van der Waals surface area contributed by atoms with E-state index < -0.39 is 0 Å². The van der Waals surface area contributed by atoms with Crippen LogP contribution in [0.3, 0.4) is 0 Å². The molecule has 0 aliphatic heterocycles. The van der Waals surface area contributed by atoms with E-state index in [4.69, 9.17) is 0 Å². The summed E-state index contributed by atoms with van der Waals surface area (Å²) < 4.78 is 0. The molecule has 34 heavy (non-hydrogen) atoms. The summed E-state index contributed by atoms with van der Waals surface area (Å²) in [6.07, 6.45) is 0. The van der Waals surface area contributed by atoms with Gasteiger partial charge in [-0.3, -0.25) is 0 Å². The molecule has 0 saturated carbocycles. The maximum Gasteiger partial charge on any atom is -0.00262 e. The summed E-state index contributed by atoms with van der Waals surface area (Å²) in [4.78, 5) is 0. The van der Waals surface area contributed by atoms with E-state index in [-0.39, 0.29) is 0 Å². The zero-order valence-corrected chi connectivity index (χ0v) is 19.5. The van der Waals surface area contributed by atoms with Gasteiger partial charge < -0.3 is 0 Å². The monoisotopic (exact) mass is 434 g/mol. The van der Waals surface area contributed by atoms with Gasteiger partial charge in [-0.05, 0) is 86.0 Å². The second kappa shape index (κ2) is 8.32. The van der Waals surface area contributed by atoms with Crippen LogP contribution in [0.1, 0.15) is 11.1 Å². The number of rotatable bonds is 3. The van der Waals surface area contributed by atoms with Crippen molar-refractivity contribution in [1.29, 1.82) is 0 Å². The maximum atomic E-state index is 2.39. The highest BCUT2D eigenvalue weighted by molar-refractivity contribution is 6.21. The highest BCUT2D eigenvalue weighted by atomic mass is 14.2. The molecule has 162 valence electrons. The van der Waals surface area contributed by atoms with Crippen LogP contribution in [0.5, 0.6) is 0 Å². The number of benzene rings is 6. The Labute approximate surface area is 201 Å². The van der Waals surface area contributed by atoms with Gasteiger partial charge >= 0.3 is 0 Å². The first-order valence-electron chi connectivity index (χ1n) is 11.9. The van der Waals surface area contributed by atoms with Crippen molar-refractivity contribution in [2.45, 2.75) is 13.8 Å². The van der Waals surface area contributed by atoms with Gasteiger partial charge in [0.05, 0.1) is 0 Å². The lowest BCUT2D eigenvalue weighted by molar-refractivity contribution is 1.34. The fraction of sp³-hybridized carbons (Fsp3) is 0.0588. The summed E-state index contributed by atoms with van der Waals surface area (Å²) in [5.74, 6) is 0. The first kappa shape index (κ1) is 20.4. The third-order valence-electron chi connectivity index (χ3n) is 6.99. The fourth-order valence-corrected chi connectivity index (χ4v) is 5.11. The lowest BCUT2D eigenvalue weighted by atomic mass is 9.85. The molecule has 0 atom stereocenters. The summed E-state index contributed by atoms with van der Waals surface area (Å²) in [6.45, 7) is 4.36. The second-order valence-corrected chi connectivity index (χ2v) is 9.09. The molecule has 6 rings (SSSR count). The van der Waals surface area contributed by atoms with Gasteiger partial charge in [0.25, 0.3) is 0 Å². The van der Waals surface area contributed by atoms with Crippen molar-refractivity contribution in [2.24, 2.45) is 0 Å². The smallest absolute Gasteiger partial charge is 0.00262 e. The Balaban J connectivity index is 1.77. The Kier molecular flexibility index (Phi) is 5.00. The number of fused-ring (bicyclic) bond motifs is 2. The second-order valence-electron chi connectivity index (χ2n) is 9.09. The minimum absolute atomic E-state index is 1.25. The van der Waals surface area contributed by atoms with Crippen LogP contribution in [0, 0.1) is 13.8 Å². The highest BCUT2D eigenvalue weighted by Crippen LogP contribution is 2.44. The van der Waals surface area contributed by atoms with Gasteiger partial charge in [-0.2, -0.15) is 0 Å². The molecule has 0 aromatic heterocycles. The van der Waals surface area contributed by atoms with Crippen molar-refractivity contribution in [1.82, 2.24) is 0 Å². The molecule has 0 nitrogen and oxygen atoms in total. The summed E-state index contributed by atoms with van der Waals surface area (Å²) >= 11 is 0. The number of aryl methyl sites for hydroxylation is 2. The van der Waals surface area contributed by atoms with E-state index >= 15 is 0 Å². The topological polar surface area (TPSA) is 0 Å². The summed E-state index contributed by atoms with van der Waals surface area (Å²) in [7, 11) is 0. The molecule has 0 heteroatoms. The van der Waals surface area contributed by atoms with E-state index in [0.29, 0.717) is 0 Å². The van der Waals surface area contributed by atoms with E-state index in [1.807, 2.05) is 0 Å². The predicted molar refractivity (Wildman–Crippen MR) is 147 cm³/mol. The number of hydrogen-bond donors (Lipinski definition) is 0.